The fourth-order valence-electron chi connectivity index (χ4n) is 5.32. The van der Waals surface area contributed by atoms with Crippen LogP contribution in [-0.4, -0.2) is 61.4 Å². The monoisotopic (exact) mass is 495 g/mol. The van der Waals surface area contributed by atoms with Crippen LogP contribution in [0.4, 0.5) is 4.39 Å². The molecule has 2 aliphatic rings. The Balaban J connectivity index is 1.61. The van der Waals surface area contributed by atoms with Crippen molar-refractivity contribution in [3.63, 3.8) is 0 Å². The number of rotatable bonds is 9. The van der Waals surface area contributed by atoms with Crippen LogP contribution in [0.1, 0.15) is 61.8 Å². The summed E-state index contributed by atoms with van der Waals surface area (Å²) in [5.74, 6) is 0.414. The van der Waals surface area contributed by atoms with Gasteiger partial charge in [-0.15, -0.1) is 0 Å². The van der Waals surface area contributed by atoms with E-state index in [1.165, 1.54) is 12.1 Å². The van der Waals surface area contributed by atoms with E-state index in [1.807, 2.05) is 49.0 Å². The van der Waals surface area contributed by atoms with Crippen LogP contribution >= 0.6 is 0 Å². The van der Waals surface area contributed by atoms with E-state index < -0.39 is 6.10 Å². The molecule has 0 aromatic heterocycles. The quantitative estimate of drug-likeness (QED) is 0.563. The van der Waals surface area contributed by atoms with E-state index >= 15 is 0 Å². The van der Waals surface area contributed by atoms with E-state index in [1.54, 1.807) is 12.1 Å². The second-order valence-electron chi connectivity index (χ2n) is 10.2. The summed E-state index contributed by atoms with van der Waals surface area (Å²) in [5, 5.41) is 2.95. The molecular formula is C29H38FN3O3. The third-order valence-electron chi connectivity index (χ3n) is 7.32. The Bertz CT molecular complexity index is 1050. The van der Waals surface area contributed by atoms with Gasteiger partial charge in [0.25, 0.3) is 5.91 Å². The molecule has 1 aliphatic heterocycles. The molecule has 6 nitrogen and oxygen atoms in total. The topological polar surface area (TPSA) is 61.9 Å². The van der Waals surface area contributed by atoms with Gasteiger partial charge in [-0.2, -0.15) is 0 Å². The zero-order valence-corrected chi connectivity index (χ0v) is 21.6. The molecule has 2 atom stereocenters. The average Bonchev–Trinajstić information content (AvgIpc) is 3.41. The van der Waals surface area contributed by atoms with Crippen molar-refractivity contribution in [1.29, 1.82) is 0 Å². The van der Waals surface area contributed by atoms with Crippen molar-refractivity contribution in [2.24, 2.45) is 5.92 Å². The first-order chi connectivity index (χ1) is 17.4. The van der Waals surface area contributed by atoms with Gasteiger partial charge in [-0.3, -0.25) is 9.59 Å². The molecule has 4 rings (SSSR count). The number of hydrogen-bond donors (Lipinski definition) is 1. The van der Waals surface area contributed by atoms with Gasteiger partial charge in [-0.1, -0.05) is 38.0 Å². The molecule has 1 saturated carbocycles. The van der Waals surface area contributed by atoms with Crippen LogP contribution in [0.2, 0.25) is 0 Å². The molecule has 2 aromatic rings. The van der Waals surface area contributed by atoms with Crippen molar-refractivity contribution in [2.45, 2.75) is 57.6 Å². The molecule has 1 heterocycles. The van der Waals surface area contributed by atoms with Crippen LogP contribution in [-0.2, 0) is 16.0 Å². The van der Waals surface area contributed by atoms with Crippen molar-refractivity contribution in [2.75, 3.05) is 33.7 Å². The maximum atomic E-state index is 13.8. The lowest BCUT2D eigenvalue weighted by Crippen LogP contribution is -2.43. The lowest BCUT2D eigenvalue weighted by molar-refractivity contribution is -0.137. The molecule has 7 heteroatoms. The van der Waals surface area contributed by atoms with Crippen molar-refractivity contribution < 1.29 is 18.7 Å². The maximum absolute atomic E-state index is 13.8. The Morgan fingerprint density at radius 1 is 1.14 bits per heavy atom. The Morgan fingerprint density at radius 3 is 2.53 bits per heavy atom. The minimum Gasteiger partial charge on any atom is -0.481 e. The first-order valence-electron chi connectivity index (χ1n) is 13.1. The Hall–Kier alpha value is -2.93. The van der Waals surface area contributed by atoms with E-state index in [4.69, 9.17) is 4.74 Å². The summed E-state index contributed by atoms with van der Waals surface area (Å²) >= 11 is 0. The zero-order valence-electron chi connectivity index (χ0n) is 21.6. The number of benzene rings is 2. The molecule has 2 amide bonds. The largest absolute Gasteiger partial charge is 0.481 e. The van der Waals surface area contributed by atoms with Gasteiger partial charge < -0.3 is 19.9 Å². The SMILES string of the molecule is CC[C@H](Oc1ccc2c(c1)[C@H](c1ccc(F)cc1)N(C(=O)C1CCCC1)CC2)C(=O)NCCN(C)C. The van der Waals surface area contributed by atoms with Crippen molar-refractivity contribution in [3.05, 3.63) is 65.0 Å². The highest BCUT2D eigenvalue weighted by molar-refractivity contribution is 5.81. The van der Waals surface area contributed by atoms with Crippen molar-refractivity contribution >= 4 is 11.8 Å². The Kier molecular flexibility index (Phi) is 8.62. The molecule has 194 valence electrons. The summed E-state index contributed by atoms with van der Waals surface area (Å²) in [6.07, 6.45) is 4.75. The minimum absolute atomic E-state index is 0.0595. The number of fused-ring (bicyclic) bond motifs is 1. The number of likely N-dealkylation sites (N-methyl/N-ethyl adjacent to an activating group) is 1. The molecule has 2 aromatic carbocycles. The maximum Gasteiger partial charge on any atom is 0.261 e. The van der Waals surface area contributed by atoms with Gasteiger partial charge >= 0.3 is 0 Å². The number of amides is 2. The van der Waals surface area contributed by atoms with Crippen LogP contribution in [0, 0.1) is 11.7 Å². The minimum atomic E-state index is -0.603. The standard InChI is InChI=1S/C29H38FN3O3/c1-4-26(28(34)31-16-18-32(2)3)36-24-14-11-20-15-17-33(29(35)22-7-5-6-8-22)27(25(20)19-24)21-9-12-23(30)13-10-21/h9-14,19,22,26-27H,4-8,15-18H2,1-3H3,(H,31,34)/t26-,27-/m0/s1. The van der Waals surface area contributed by atoms with Crippen LogP contribution in [0.5, 0.6) is 5.75 Å². The second kappa shape index (κ2) is 11.9. The molecule has 0 radical (unpaired) electrons. The van der Waals surface area contributed by atoms with Crippen LogP contribution in [0.25, 0.3) is 0 Å². The summed E-state index contributed by atoms with van der Waals surface area (Å²) in [4.78, 5) is 30.3. The van der Waals surface area contributed by atoms with Gasteiger partial charge in [0.15, 0.2) is 6.10 Å². The highest BCUT2D eigenvalue weighted by Gasteiger charge is 2.36. The smallest absolute Gasteiger partial charge is 0.261 e. The third kappa shape index (κ3) is 6.06. The first-order valence-corrected chi connectivity index (χ1v) is 13.1. The number of nitrogens with zero attached hydrogens (tertiary/aromatic N) is 2. The number of halogens is 1. The van der Waals surface area contributed by atoms with Crippen LogP contribution in [0.15, 0.2) is 42.5 Å². The second-order valence-corrected chi connectivity index (χ2v) is 10.2. The summed E-state index contributed by atoms with van der Waals surface area (Å²) in [6, 6.07) is 12.0. The van der Waals surface area contributed by atoms with E-state index in [-0.39, 0.29) is 29.6 Å². The van der Waals surface area contributed by atoms with E-state index in [9.17, 15) is 14.0 Å². The number of carbonyl (C=O) groups excluding carboxylic acids is 2. The molecule has 1 aliphatic carbocycles. The number of hydrogen-bond acceptors (Lipinski definition) is 4. The van der Waals surface area contributed by atoms with Gasteiger partial charge in [0.1, 0.15) is 11.6 Å². The molecule has 36 heavy (non-hydrogen) atoms. The van der Waals surface area contributed by atoms with E-state index in [0.717, 1.165) is 55.3 Å². The lowest BCUT2D eigenvalue weighted by atomic mass is 9.87. The predicted octanol–water partition coefficient (Wildman–Crippen LogP) is 4.33. The molecule has 0 bridgehead atoms. The van der Waals surface area contributed by atoms with Gasteiger partial charge in [0.05, 0.1) is 6.04 Å². The molecule has 1 fully saturated rings. The molecular weight excluding hydrogens is 457 g/mol. The fourth-order valence-corrected chi connectivity index (χ4v) is 5.32. The predicted molar refractivity (Wildman–Crippen MR) is 138 cm³/mol. The summed E-state index contributed by atoms with van der Waals surface area (Å²) in [6.45, 7) is 3.88. The number of carbonyl (C=O) groups is 2. The normalized spacial score (nSPS) is 18.7. The first kappa shape index (κ1) is 26.1. The van der Waals surface area contributed by atoms with Crippen molar-refractivity contribution in [3.8, 4) is 5.75 Å². The highest BCUT2D eigenvalue weighted by atomic mass is 19.1. The summed E-state index contributed by atoms with van der Waals surface area (Å²) in [7, 11) is 3.93. The van der Waals surface area contributed by atoms with Gasteiger partial charge in [0, 0.05) is 25.6 Å². The summed E-state index contributed by atoms with van der Waals surface area (Å²) in [5.41, 5.74) is 3.02. The molecule has 1 N–H and O–H groups in total. The Morgan fingerprint density at radius 2 is 1.86 bits per heavy atom. The fraction of sp³-hybridized carbons (Fsp3) is 0.517. The molecule has 0 unspecified atom stereocenters. The number of nitrogens with one attached hydrogen (secondary N) is 1. The van der Waals surface area contributed by atoms with Crippen LogP contribution < -0.4 is 10.1 Å². The summed E-state index contributed by atoms with van der Waals surface area (Å²) < 4.78 is 19.9. The van der Waals surface area contributed by atoms with Crippen molar-refractivity contribution in [1.82, 2.24) is 15.1 Å². The van der Waals surface area contributed by atoms with E-state index in [0.29, 0.717) is 25.3 Å². The van der Waals surface area contributed by atoms with Crippen LogP contribution in [0.3, 0.4) is 0 Å². The third-order valence-corrected chi connectivity index (χ3v) is 7.32. The van der Waals surface area contributed by atoms with Gasteiger partial charge in [-0.05, 0) is 80.7 Å². The molecule has 0 saturated heterocycles. The zero-order chi connectivity index (χ0) is 25.7. The Labute approximate surface area is 213 Å². The lowest BCUT2D eigenvalue weighted by Gasteiger charge is -2.39. The van der Waals surface area contributed by atoms with Gasteiger partial charge in [-0.25, -0.2) is 4.39 Å². The van der Waals surface area contributed by atoms with E-state index in [2.05, 4.69) is 5.32 Å². The number of ether oxygens (including phenoxy) is 1. The highest BCUT2D eigenvalue weighted by Crippen LogP contribution is 2.40. The van der Waals surface area contributed by atoms with Gasteiger partial charge in [0.2, 0.25) is 5.91 Å². The average molecular weight is 496 g/mol. The molecule has 0 spiro atoms.